The van der Waals surface area contributed by atoms with Gasteiger partial charge in [0.25, 0.3) is 0 Å². The van der Waals surface area contributed by atoms with Crippen LogP contribution >= 0.6 is 0 Å². The molecule has 0 aromatic heterocycles. The number of amides is 2. The number of fused-ring (bicyclic) bond motifs is 2. The van der Waals surface area contributed by atoms with Gasteiger partial charge in [0.2, 0.25) is 11.8 Å². The second-order valence-corrected chi connectivity index (χ2v) is 12.6. The second-order valence-electron chi connectivity index (χ2n) is 12.6. The first-order chi connectivity index (χ1) is 26.0. The molecule has 2 aliphatic heterocycles. The molecule has 298 valence electrons. The van der Waals surface area contributed by atoms with E-state index < -0.39 is 30.1 Å². The van der Waals surface area contributed by atoms with Gasteiger partial charge in [-0.3, -0.25) is 43.6 Å². The summed E-state index contributed by atoms with van der Waals surface area (Å²) in [5.74, 6) is 0.0531. The Bertz CT molecular complexity index is 1720. The minimum Gasteiger partial charge on any atom is -0.480 e. The van der Waals surface area contributed by atoms with Gasteiger partial charge in [0.05, 0.1) is 38.4 Å². The smallest absolute Gasteiger partial charge is 0.480 e. The van der Waals surface area contributed by atoms with E-state index in [2.05, 4.69) is 17.2 Å². The van der Waals surface area contributed by atoms with Crippen molar-refractivity contribution in [1.29, 1.82) is 0 Å². The van der Waals surface area contributed by atoms with E-state index in [0.29, 0.717) is 38.4 Å². The third kappa shape index (κ3) is 15.8. The van der Waals surface area contributed by atoms with Gasteiger partial charge < -0.3 is 30.6 Å². The zero-order valence-corrected chi connectivity index (χ0v) is 29.8. The number of hydrogen-bond donors (Lipinski definition) is 5. The molecule has 0 bridgehead atoms. The van der Waals surface area contributed by atoms with E-state index in [9.17, 15) is 52.5 Å². The number of hydrogen-bond acceptors (Lipinski definition) is 10. The second kappa shape index (κ2) is 21.4. The molecule has 4 rings (SSSR count). The highest BCUT2D eigenvalue weighted by molar-refractivity contribution is 5.95. The van der Waals surface area contributed by atoms with Crippen molar-refractivity contribution in [3.8, 4) is 11.8 Å². The summed E-state index contributed by atoms with van der Waals surface area (Å²) in [5.41, 5.74) is 3.22. The third-order valence-electron chi connectivity index (χ3n) is 8.45. The molecule has 55 heavy (non-hydrogen) atoms. The van der Waals surface area contributed by atoms with Crippen molar-refractivity contribution in [2.75, 3.05) is 90.0 Å². The van der Waals surface area contributed by atoms with E-state index in [1.165, 1.54) is 0 Å². The summed E-state index contributed by atoms with van der Waals surface area (Å²) < 4.78 is 31.7. The molecule has 19 heteroatoms. The van der Waals surface area contributed by atoms with Crippen molar-refractivity contribution >= 4 is 41.4 Å². The number of rotatable bonds is 11. The summed E-state index contributed by atoms with van der Waals surface area (Å²) >= 11 is 0. The summed E-state index contributed by atoms with van der Waals surface area (Å²) in [4.78, 5) is 78.6. The molecule has 2 heterocycles. The molecule has 1 fully saturated rings. The van der Waals surface area contributed by atoms with Crippen LogP contribution < -0.4 is 10.2 Å². The Kier molecular flexibility index (Phi) is 17.0. The Hall–Kier alpha value is -5.55. The van der Waals surface area contributed by atoms with Gasteiger partial charge in [0.1, 0.15) is 0 Å². The molecule has 0 atom stereocenters. The van der Waals surface area contributed by atoms with Crippen LogP contribution in [0.15, 0.2) is 48.5 Å². The van der Waals surface area contributed by atoms with E-state index >= 15 is 0 Å². The topological polar surface area (TPSA) is 212 Å². The van der Waals surface area contributed by atoms with Gasteiger partial charge in [-0.15, -0.1) is 0 Å². The number of halogens is 3. The van der Waals surface area contributed by atoms with Crippen molar-refractivity contribution < 1.29 is 62.4 Å². The lowest BCUT2D eigenvalue weighted by molar-refractivity contribution is -0.192. The first-order valence-corrected chi connectivity index (χ1v) is 17.1. The molecule has 2 aromatic carbocycles. The maximum atomic E-state index is 13.5. The third-order valence-corrected chi connectivity index (χ3v) is 8.45. The first kappa shape index (κ1) is 43.9. The number of para-hydroxylation sites is 1. The lowest BCUT2D eigenvalue weighted by Crippen LogP contribution is -2.50. The van der Waals surface area contributed by atoms with E-state index in [4.69, 9.17) is 9.90 Å². The number of nitrogens with one attached hydrogen (secondary N) is 1. The van der Waals surface area contributed by atoms with Crippen LogP contribution in [-0.4, -0.2) is 167 Å². The highest BCUT2D eigenvalue weighted by atomic mass is 19.4. The zero-order valence-electron chi connectivity index (χ0n) is 29.8. The molecule has 2 amide bonds. The summed E-state index contributed by atoms with van der Waals surface area (Å²) in [6, 6.07) is 15.1. The molecule has 1 saturated heterocycles. The Labute approximate surface area is 314 Å². The van der Waals surface area contributed by atoms with Crippen molar-refractivity contribution in [2.24, 2.45) is 0 Å². The van der Waals surface area contributed by atoms with Crippen molar-refractivity contribution in [1.82, 2.24) is 24.9 Å². The number of anilines is 1. The standard InChI is InChI=1S/C34H42N6O8.C2HF3O2/c41-30(35-12-11-31(42)40-21-28-7-2-1-5-26(28)9-10-27-6-3-4-8-29(27)40)22-36-13-15-37(23-32(43)44)17-19-39(25-34(47)48)20-18-38(16-14-36)24-33(45)46;3-2(4,5)1(6)7/h1-8H,11-25H2,(H,35,41)(H,43,44)(H,45,46)(H,47,48);(H,6,7). The van der Waals surface area contributed by atoms with E-state index in [-0.39, 0.29) is 77.1 Å². The highest BCUT2D eigenvalue weighted by Crippen LogP contribution is 2.26. The molecular weight excluding hydrogens is 733 g/mol. The number of alkyl halides is 3. The van der Waals surface area contributed by atoms with Crippen LogP contribution in [0.2, 0.25) is 0 Å². The summed E-state index contributed by atoms with van der Waals surface area (Å²) in [5, 5.41) is 38.2. The molecule has 0 aliphatic carbocycles. The van der Waals surface area contributed by atoms with Crippen LogP contribution in [0, 0.1) is 11.8 Å². The normalized spacial score (nSPS) is 16.1. The first-order valence-electron chi connectivity index (χ1n) is 17.1. The van der Waals surface area contributed by atoms with Gasteiger partial charge in [-0.05, 0) is 23.8 Å². The largest absolute Gasteiger partial charge is 0.490 e. The number of carboxylic acid groups (broad SMARTS) is 4. The van der Waals surface area contributed by atoms with Crippen LogP contribution in [0.25, 0.3) is 0 Å². The summed E-state index contributed by atoms with van der Waals surface area (Å²) in [6.45, 7) is 2.08. The Morgan fingerprint density at radius 1 is 0.618 bits per heavy atom. The Morgan fingerprint density at radius 2 is 1.02 bits per heavy atom. The minimum atomic E-state index is -5.08. The SMILES string of the molecule is O=C(O)C(F)(F)F.O=C(O)CN1CCN(CC(=O)O)CCN(CC(=O)NCCC(=O)N2Cc3ccccc3C#Cc3ccccc32)CCN(CC(=O)O)CC1. The minimum absolute atomic E-state index is 0.0311. The molecule has 0 spiro atoms. The summed E-state index contributed by atoms with van der Waals surface area (Å²) in [6.07, 6.45) is -5.03. The molecule has 2 aromatic rings. The molecule has 0 unspecified atom stereocenters. The average Bonchev–Trinajstić information content (AvgIpc) is 3.09. The predicted molar refractivity (Wildman–Crippen MR) is 190 cm³/mol. The number of nitrogens with zero attached hydrogens (tertiary/aromatic N) is 5. The van der Waals surface area contributed by atoms with Gasteiger partial charge in [-0.25, -0.2) is 4.79 Å². The molecule has 5 N–H and O–H groups in total. The van der Waals surface area contributed by atoms with Gasteiger partial charge in [-0.2, -0.15) is 13.2 Å². The molecule has 0 radical (unpaired) electrons. The fraction of sp³-hybridized carbons (Fsp3) is 0.444. The van der Waals surface area contributed by atoms with Gasteiger partial charge >= 0.3 is 30.1 Å². The fourth-order valence-corrected chi connectivity index (χ4v) is 5.70. The number of benzene rings is 2. The number of carbonyl (C=O) groups excluding carboxylic acids is 2. The van der Waals surface area contributed by atoms with Gasteiger partial charge in [0, 0.05) is 76.5 Å². The Morgan fingerprint density at radius 3 is 1.47 bits per heavy atom. The molecular formula is C36H43F3N6O10. The Balaban J connectivity index is 0.00000106. The zero-order chi connectivity index (χ0) is 40.5. The van der Waals surface area contributed by atoms with Crippen LogP contribution in [0.1, 0.15) is 23.1 Å². The number of carbonyl (C=O) groups is 6. The van der Waals surface area contributed by atoms with Crippen molar-refractivity contribution in [3.05, 3.63) is 65.2 Å². The van der Waals surface area contributed by atoms with Crippen LogP contribution in [0.5, 0.6) is 0 Å². The molecule has 16 nitrogen and oxygen atoms in total. The van der Waals surface area contributed by atoms with Crippen LogP contribution in [0.4, 0.5) is 18.9 Å². The van der Waals surface area contributed by atoms with E-state index in [1.54, 1.807) is 19.6 Å². The monoisotopic (exact) mass is 776 g/mol. The fourth-order valence-electron chi connectivity index (χ4n) is 5.70. The van der Waals surface area contributed by atoms with Crippen molar-refractivity contribution in [2.45, 2.75) is 19.1 Å². The lowest BCUT2D eigenvalue weighted by atomic mass is 10.0. The maximum Gasteiger partial charge on any atom is 0.490 e. The lowest BCUT2D eigenvalue weighted by Gasteiger charge is -2.32. The van der Waals surface area contributed by atoms with E-state index in [1.807, 2.05) is 53.4 Å². The number of carboxylic acids is 4. The van der Waals surface area contributed by atoms with Crippen molar-refractivity contribution in [3.63, 3.8) is 0 Å². The maximum absolute atomic E-state index is 13.5. The number of aliphatic carboxylic acids is 4. The van der Waals surface area contributed by atoms with Gasteiger partial charge in [0.15, 0.2) is 0 Å². The predicted octanol–water partition coefficient (Wildman–Crippen LogP) is 0.548. The van der Waals surface area contributed by atoms with Crippen LogP contribution in [-0.2, 0) is 35.3 Å². The van der Waals surface area contributed by atoms with Gasteiger partial charge in [-0.1, -0.05) is 42.2 Å². The average molecular weight is 777 g/mol. The highest BCUT2D eigenvalue weighted by Gasteiger charge is 2.38. The van der Waals surface area contributed by atoms with Crippen LogP contribution in [0.3, 0.4) is 0 Å². The molecule has 2 aliphatic rings. The molecule has 0 saturated carbocycles. The summed E-state index contributed by atoms with van der Waals surface area (Å²) in [7, 11) is 0. The quantitative estimate of drug-likeness (QED) is 0.198. The van der Waals surface area contributed by atoms with E-state index in [0.717, 1.165) is 16.7 Å².